The second kappa shape index (κ2) is 6.21. The molecule has 0 saturated carbocycles. The van der Waals surface area contributed by atoms with Crippen molar-refractivity contribution in [1.29, 1.82) is 0 Å². The van der Waals surface area contributed by atoms with E-state index in [1.54, 1.807) is 7.05 Å². The number of nitrogens with zero attached hydrogens (tertiary/aromatic N) is 1. The van der Waals surface area contributed by atoms with Crippen molar-refractivity contribution in [1.82, 2.24) is 15.5 Å². The van der Waals surface area contributed by atoms with Crippen LogP contribution in [0.4, 0.5) is 0 Å². The fraction of sp³-hybridized carbons (Fsp3) is 0.917. The Morgan fingerprint density at radius 3 is 2.44 bits per heavy atom. The summed E-state index contributed by atoms with van der Waals surface area (Å²) in [6.07, 6.45) is 4.01. The van der Waals surface area contributed by atoms with Gasteiger partial charge in [0, 0.05) is 19.0 Å². The zero-order chi connectivity index (χ0) is 12.0. The highest BCUT2D eigenvalue weighted by Gasteiger charge is 2.27. The van der Waals surface area contributed by atoms with Gasteiger partial charge in [0.15, 0.2) is 0 Å². The van der Waals surface area contributed by atoms with Gasteiger partial charge in [0.2, 0.25) is 5.91 Å². The van der Waals surface area contributed by atoms with Crippen LogP contribution in [0, 0.1) is 0 Å². The van der Waals surface area contributed by atoms with Crippen molar-refractivity contribution in [2.75, 3.05) is 33.7 Å². The highest BCUT2D eigenvalue weighted by Crippen LogP contribution is 2.21. The van der Waals surface area contributed by atoms with Gasteiger partial charge in [-0.05, 0) is 52.9 Å². The van der Waals surface area contributed by atoms with E-state index in [0.29, 0.717) is 12.0 Å². The molecular weight excluding hydrogens is 202 g/mol. The summed E-state index contributed by atoms with van der Waals surface area (Å²) in [5.41, 5.74) is 0.317. The Morgan fingerprint density at radius 2 is 1.94 bits per heavy atom. The van der Waals surface area contributed by atoms with E-state index in [1.165, 1.54) is 12.8 Å². The summed E-state index contributed by atoms with van der Waals surface area (Å²) in [6.45, 7) is 5.62. The minimum Gasteiger partial charge on any atom is -0.359 e. The molecule has 0 aromatic rings. The maximum absolute atomic E-state index is 11.1. The van der Waals surface area contributed by atoms with Gasteiger partial charge in [-0.1, -0.05) is 0 Å². The Labute approximate surface area is 98.8 Å². The van der Waals surface area contributed by atoms with E-state index in [0.717, 1.165) is 26.1 Å². The first-order valence-corrected chi connectivity index (χ1v) is 6.21. The van der Waals surface area contributed by atoms with Crippen molar-refractivity contribution in [3.63, 3.8) is 0 Å². The van der Waals surface area contributed by atoms with Crippen LogP contribution in [0.25, 0.3) is 0 Å². The first kappa shape index (κ1) is 13.5. The van der Waals surface area contributed by atoms with Gasteiger partial charge < -0.3 is 15.5 Å². The van der Waals surface area contributed by atoms with E-state index < -0.39 is 0 Å². The molecule has 4 nitrogen and oxygen atoms in total. The molecule has 94 valence electrons. The van der Waals surface area contributed by atoms with E-state index in [9.17, 15) is 4.79 Å². The van der Waals surface area contributed by atoms with Crippen LogP contribution >= 0.6 is 0 Å². The monoisotopic (exact) mass is 227 g/mol. The Hall–Kier alpha value is -0.610. The van der Waals surface area contributed by atoms with Gasteiger partial charge in [0.1, 0.15) is 0 Å². The molecular formula is C12H25N3O. The van der Waals surface area contributed by atoms with E-state index in [4.69, 9.17) is 0 Å². The Balaban J connectivity index is 2.15. The predicted molar refractivity (Wildman–Crippen MR) is 66.4 cm³/mol. The van der Waals surface area contributed by atoms with Gasteiger partial charge in [-0.2, -0.15) is 0 Å². The van der Waals surface area contributed by atoms with E-state index in [1.807, 2.05) is 7.05 Å². The van der Waals surface area contributed by atoms with Crippen molar-refractivity contribution in [2.24, 2.45) is 0 Å². The van der Waals surface area contributed by atoms with Crippen molar-refractivity contribution >= 4 is 5.91 Å². The lowest BCUT2D eigenvalue weighted by Crippen LogP contribution is -2.50. The predicted octanol–water partition coefficient (Wildman–Crippen LogP) is 0.587. The zero-order valence-corrected chi connectivity index (χ0v) is 10.8. The van der Waals surface area contributed by atoms with Gasteiger partial charge in [0.25, 0.3) is 0 Å². The molecule has 1 fully saturated rings. The second-order valence-corrected chi connectivity index (χ2v) is 4.93. The molecule has 0 aromatic carbocycles. The topological polar surface area (TPSA) is 44.4 Å². The third kappa shape index (κ3) is 4.10. The third-order valence-corrected chi connectivity index (χ3v) is 3.72. The molecule has 0 spiro atoms. The third-order valence-electron chi connectivity index (χ3n) is 3.72. The van der Waals surface area contributed by atoms with E-state index in [-0.39, 0.29) is 5.91 Å². The molecule has 1 saturated heterocycles. The lowest BCUT2D eigenvalue weighted by atomic mass is 9.90. The minimum atomic E-state index is 0.150. The van der Waals surface area contributed by atoms with Crippen LogP contribution in [0.5, 0.6) is 0 Å². The van der Waals surface area contributed by atoms with Crippen LogP contribution in [0.2, 0.25) is 0 Å². The van der Waals surface area contributed by atoms with Crippen LogP contribution in [0.1, 0.15) is 32.6 Å². The quantitative estimate of drug-likeness (QED) is 0.722. The van der Waals surface area contributed by atoms with Crippen LogP contribution in [0.15, 0.2) is 0 Å². The zero-order valence-electron chi connectivity index (χ0n) is 10.8. The van der Waals surface area contributed by atoms with Crippen molar-refractivity contribution < 1.29 is 4.79 Å². The molecule has 2 N–H and O–H groups in total. The summed E-state index contributed by atoms with van der Waals surface area (Å²) in [7, 11) is 3.74. The molecule has 16 heavy (non-hydrogen) atoms. The summed E-state index contributed by atoms with van der Waals surface area (Å²) in [5.74, 6) is 0.150. The SMILES string of the molecule is CNC(=O)CCCN1CCC(C)(NC)CC1. The number of carbonyl (C=O) groups is 1. The molecule has 0 atom stereocenters. The lowest BCUT2D eigenvalue weighted by molar-refractivity contribution is -0.120. The fourth-order valence-corrected chi connectivity index (χ4v) is 2.11. The summed E-state index contributed by atoms with van der Waals surface area (Å²) >= 11 is 0. The number of hydrogen-bond acceptors (Lipinski definition) is 3. The number of amides is 1. The Morgan fingerprint density at radius 1 is 1.31 bits per heavy atom. The highest BCUT2D eigenvalue weighted by atomic mass is 16.1. The van der Waals surface area contributed by atoms with Crippen molar-refractivity contribution in [3.05, 3.63) is 0 Å². The van der Waals surface area contributed by atoms with E-state index in [2.05, 4.69) is 22.5 Å². The van der Waals surface area contributed by atoms with Crippen molar-refractivity contribution in [3.8, 4) is 0 Å². The molecule has 0 radical (unpaired) electrons. The van der Waals surface area contributed by atoms with Crippen LogP contribution < -0.4 is 10.6 Å². The largest absolute Gasteiger partial charge is 0.359 e. The second-order valence-electron chi connectivity index (χ2n) is 4.93. The smallest absolute Gasteiger partial charge is 0.219 e. The molecule has 1 aliphatic heterocycles. The van der Waals surface area contributed by atoms with E-state index >= 15 is 0 Å². The molecule has 1 heterocycles. The van der Waals surface area contributed by atoms with Crippen LogP contribution in [-0.4, -0.2) is 50.1 Å². The number of likely N-dealkylation sites (tertiary alicyclic amines) is 1. The average Bonchev–Trinajstić information content (AvgIpc) is 2.31. The highest BCUT2D eigenvalue weighted by molar-refractivity contribution is 5.75. The summed E-state index contributed by atoms with van der Waals surface area (Å²) in [6, 6.07) is 0. The number of hydrogen-bond donors (Lipinski definition) is 2. The fourth-order valence-electron chi connectivity index (χ4n) is 2.11. The molecule has 0 aliphatic carbocycles. The van der Waals surface area contributed by atoms with Gasteiger partial charge in [-0.25, -0.2) is 0 Å². The lowest BCUT2D eigenvalue weighted by Gasteiger charge is -2.39. The average molecular weight is 227 g/mol. The summed E-state index contributed by atoms with van der Waals surface area (Å²) in [4.78, 5) is 13.5. The van der Waals surface area contributed by atoms with Crippen LogP contribution in [-0.2, 0) is 4.79 Å². The van der Waals surface area contributed by atoms with Gasteiger partial charge in [-0.3, -0.25) is 4.79 Å². The molecule has 1 rings (SSSR count). The molecule has 0 unspecified atom stereocenters. The number of rotatable bonds is 5. The van der Waals surface area contributed by atoms with Crippen LogP contribution in [0.3, 0.4) is 0 Å². The van der Waals surface area contributed by atoms with Gasteiger partial charge in [0.05, 0.1) is 0 Å². The first-order chi connectivity index (χ1) is 7.59. The van der Waals surface area contributed by atoms with Crippen molar-refractivity contribution in [2.45, 2.75) is 38.1 Å². The Kier molecular flexibility index (Phi) is 5.22. The molecule has 0 aromatic heterocycles. The van der Waals surface area contributed by atoms with Gasteiger partial charge >= 0.3 is 0 Å². The maximum atomic E-state index is 11.1. The summed E-state index contributed by atoms with van der Waals surface area (Å²) < 4.78 is 0. The minimum absolute atomic E-state index is 0.150. The maximum Gasteiger partial charge on any atom is 0.219 e. The Bertz CT molecular complexity index is 222. The molecule has 0 bridgehead atoms. The first-order valence-electron chi connectivity index (χ1n) is 6.21. The molecule has 4 heteroatoms. The number of carbonyl (C=O) groups excluding carboxylic acids is 1. The number of piperidine rings is 1. The van der Waals surface area contributed by atoms with Gasteiger partial charge in [-0.15, -0.1) is 0 Å². The normalized spacial score (nSPS) is 20.7. The molecule has 1 aliphatic rings. The standard InChI is InChI=1S/C12H25N3O/c1-12(14-3)6-9-15(10-7-12)8-4-5-11(16)13-2/h14H,4-10H2,1-3H3,(H,13,16). The number of nitrogens with one attached hydrogen (secondary N) is 2. The molecule has 1 amide bonds. The summed E-state index contributed by atoms with van der Waals surface area (Å²) in [5, 5.41) is 6.05.